The molecule has 1 aliphatic carbocycles. The summed E-state index contributed by atoms with van der Waals surface area (Å²) in [6, 6.07) is 3.43. The van der Waals surface area contributed by atoms with Gasteiger partial charge in [0.25, 0.3) is 0 Å². The van der Waals surface area contributed by atoms with Crippen molar-refractivity contribution in [3.8, 4) is 5.75 Å². The maximum absolute atomic E-state index is 6.04. The molecule has 1 aromatic carbocycles. The number of ether oxygens (including phenoxy) is 1. The molecule has 0 spiro atoms. The van der Waals surface area contributed by atoms with Gasteiger partial charge in [-0.2, -0.15) is 0 Å². The van der Waals surface area contributed by atoms with Crippen molar-refractivity contribution in [1.82, 2.24) is 0 Å². The Bertz CT molecular complexity index is 390. The molecule has 1 aliphatic rings. The van der Waals surface area contributed by atoms with Crippen LogP contribution >= 0.6 is 50.7 Å². The summed E-state index contributed by atoms with van der Waals surface area (Å²) in [5, 5.41) is 1.13. The van der Waals surface area contributed by atoms with E-state index < -0.39 is 0 Å². The number of alkyl halides is 1. The largest absolute Gasteiger partial charge is 0.484 e. The summed E-state index contributed by atoms with van der Waals surface area (Å²) in [5.41, 5.74) is -0.220. The van der Waals surface area contributed by atoms with Gasteiger partial charge in [-0.05, 0) is 34.8 Å². The predicted octanol–water partition coefficient (Wildman–Crippen LogP) is 4.91. The fourth-order valence-electron chi connectivity index (χ4n) is 1.22. The van der Waals surface area contributed by atoms with Crippen molar-refractivity contribution in [3.63, 3.8) is 0 Å². The number of hydrogen-bond donors (Lipinski definition) is 0. The highest BCUT2D eigenvalue weighted by molar-refractivity contribution is 9.10. The van der Waals surface area contributed by atoms with Gasteiger partial charge in [-0.25, -0.2) is 0 Å². The van der Waals surface area contributed by atoms with Gasteiger partial charge >= 0.3 is 0 Å². The van der Waals surface area contributed by atoms with Crippen molar-refractivity contribution >= 4 is 50.7 Å². The monoisotopic (exact) mass is 328 g/mol. The second kappa shape index (κ2) is 4.33. The molecule has 1 aromatic rings. The van der Waals surface area contributed by atoms with E-state index in [-0.39, 0.29) is 5.60 Å². The van der Waals surface area contributed by atoms with Crippen LogP contribution in [0, 0.1) is 0 Å². The molecule has 0 aliphatic heterocycles. The Kier molecular flexibility index (Phi) is 3.42. The van der Waals surface area contributed by atoms with Gasteiger partial charge < -0.3 is 4.74 Å². The Morgan fingerprint density at radius 1 is 1.27 bits per heavy atom. The van der Waals surface area contributed by atoms with Crippen molar-refractivity contribution < 1.29 is 4.74 Å². The molecule has 82 valence electrons. The molecule has 0 saturated heterocycles. The van der Waals surface area contributed by atoms with Gasteiger partial charge in [0, 0.05) is 10.5 Å². The highest BCUT2D eigenvalue weighted by atomic mass is 79.9. The summed E-state index contributed by atoms with van der Waals surface area (Å²) in [6.45, 7) is 0. The van der Waals surface area contributed by atoms with E-state index >= 15 is 0 Å². The number of benzene rings is 1. The number of halogens is 4. The van der Waals surface area contributed by atoms with E-state index in [9.17, 15) is 0 Å². The van der Waals surface area contributed by atoms with Gasteiger partial charge in [0.05, 0.1) is 15.9 Å². The molecule has 0 N–H and O–H groups in total. The van der Waals surface area contributed by atoms with Gasteiger partial charge in [0.1, 0.15) is 11.4 Å². The zero-order valence-electron chi connectivity index (χ0n) is 7.70. The summed E-state index contributed by atoms with van der Waals surface area (Å²) in [4.78, 5) is 0. The van der Waals surface area contributed by atoms with Crippen LogP contribution in [0.15, 0.2) is 16.6 Å². The molecule has 0 atom stereocenters. The summed E-state index contributed by atoms with van der Waals surface area (Å²) in [5.74, 6) is 1.08. The molecule has 0 heterocycles. The number of rotatable bonds is 3. The quantitative estimate of drug-likeness (QED) is 0.565. The lowest BCUT2D eigenvalue weighted by atomic mass is 10.3. The lowest BCUT2D eigenvalue weighted by Crippen LogP contribution is -2.19. The standard InChI is InChI=1S/C10H8BrCl3O/c11-6-3-8(14)9(4-7(6)13)15-10(5-12)1-2-10/h3-4H,1-2,5H2. The first-order valence-corrected chi connectivity index (χ1v) is 6.54. The van der Waals surface area contributed by atoms with Gasteiger partial charge in [-0.3, -0.25) is 0 Å². The average molecular weight is 330 g/mol. The minimum Gasteiger partial charge on any atom is -0.484 e. The first-order chi connectivity index (χ1) is 7.06. The highest BCUT2D eigenvalue weighted by Gasteiger charge is 2.45. The van der Waals surface area contributed by atoms with Crippen molar-refractivity contribution in [1.29, 1.82) is 0 Å². The van der Waals surface area contributed by atoms with Crippen molar-refractivity contribution in [3.05, 3.63) is 26.7 Å². The fourth-order valence-corrected chi connectivity index (χ4v) is 2.37. The van der Waals surface area contributed by atoms with Gasteiger partial charge in [0.15, 0.2) is 0 Å². The van der Waals surface area contributed by atoms with Crippen LogP contribution in [0.2, 0.25) is 10.0 Å². The predicted molar refractivity (Wildman–Crippen MR) is 67.5 cm³/mol. The minimum atomic E-state index is -0.220. The normalized spacial score (nSPS) is 17.6. The Hall–Kier alpha value is 0.370. The Morgan fingerprint density at radius 2 is 1.93 bits per heavy atom. The van der Waals surface area contributed by atoms with Crippen molar-refractivity contribution in [2.75, 3.05) is 5.88 Å². The molecule has 0 aromatic heterocycles. The molecule has 2 rings (SSSR count). The van der Waals surface area contributed by atoms with E-state index in [1.807, 2.05) is 0 Å². The van der Waals surface area contributed by atoms with Crippen LogP contribution in [0.5, 0.6) is 5.75 Å². The van der Waals surface area contributed by atoms with E-state index in [1.54, 1.807) is 12.1 Å². The molecule has 1 saturated carbocycles. The van der Waals surface area contributed by atoms with Crippen LogP contribution < -0.4 is 4.74 Å². The van der Waals surface area contributed by atoms with Crippen molar-refractivity contribution in [2.45, 2.75) is 18.4 Å². The second-order valence-electron chi connectivity index (χ2n) is 3.62. The molecule has 1 fully saturated rings. The van der Waals surface area contributed by atoms with Crippen LogP contribution in [0.1, 0.15) is 12.8 Å². The molecule has 0 amide bonds. The van der Waals surface area contributed by atoms with Gasteiger partial charge in [0.2, 0.25) is 0 Å². The van der Waals surface area contributed by atoms with E-state index in [0.29, 0.717) is 21.7 Å². The summed E-state index contributed by atoms with van der Waals surface area (Å²) < 4.78 is 6.52. The van der Waals surface area contributed by atoms with E-state index in [2.05, 4.69) is 15.9 Å². The first kappa shape index (κ1) is 11.8. The number of hydrogen-bond acceptors (Lipinski definition) is 1. The second-order valence-corrected chi connectivity index (χ2v) is 5.55. The Labute approximate surface area is 112 Å². The average Bonchev–Trinajstić information content (AvgIpc) is 2.95. The van der Waals surface area contributed by atoms with Crippen LogP contribution in [0.25, 0.3) is 0 Å². The molecular formula is C10H8BrCl3O. The summed E-state index contributed by atoms with van der Waals surface area (Å²) >= 11 is 21.1. The zero-order valence-corrected chi connectivity index (χ0v) is 11.5. The molecule has 0 bridgehead atoms. The smallest absolute Gasteiger partial charge is 0.140 e. The van der Waals surface area contributed by atoms with Crippen LogP contribution in [-0.2, 0) is 0 Å². The van der Waals surface area contributed by atoms with Crippen LogP contribution in [-0.4, -0.2) is 11.5 Å². The maximum Gasteiger partial charge on any atom is 0.140 e. The van der Waals surface area contributed by atoms with Gasteiger partial charge in [-0.15, -0.1) is 11.6 Å². The highest BCUT2D eigenvalue weighted by Crippen LogP contribution is 2.44. The molecule has 1 nitrogen and oxygen atoms in total. The maximum atomic E-state index is 6.04. The third kappa shape index (κ3) is 2.55. The molecule has 0 unspecified atom stereocenters. The fraction of sp³-hybridized carbons (Fsp3) is 0.400. The minimum absolute atomic E-state index is 0.220. The molecule has 5 heteroatoms. The SMILES string of the molecule is ClCC1(Oc2cc(Cl)c(Br)cc2Cl)CC1. The first-order valence-electron chi connectivity index (χ1n) is 4.46. The van der Waals surface area contributed by atoms with E-state index in [4.69, 9.17) is 39.5 Å². The summed E-state index contributed by atoms with van der Waals surface area (Å²) in [7, 11) is 0. The zero-order chi connectivity index (χ0) is 11.1. The third-order valence-electron chi connectivity index (χ3n) is 2.35. The lowest BCUT2D eigenvalue weighted by molar-refractivity contribution is 0.204. The van der Waals surface area contributed by atoms with Crippen LogP contribution in [0.4, 0.5) is 0 Å². The Balaban J connectivity index is 2.25. The molecular weight excluding hydrogens is 322 g/mol. The Morgan fingerprint density at radius 3 is 2.47 bits per heavy atom. The lowest BCUT2D eigenvalue weighted by Gasteiger charge is -2.16. The van der Waals surface area contributed by atoms with Crippen LogP contribution in [0.3, 0.4) is 0 Å². The van der Waals surface area contributed by atoms with Crippen molar-refractivity contribution in [2.24, 2.45) is 0 Å². The third-order valence-corrected chi connectivity index (χ3v) is 4.33. The summed E-state index contributed by atoms with van der Waals surface area (Å²) in [6.07, 6.45) is 1.95. The van der Waals surface area contributed by atoms with E-state index in [0.717, 1.165) is 17.3 Å². The molecule has 0 radical (unpaired) electrons. The van der Waals surface area contributed by atoms with E-state index in [1.165, 1.54) is 0 Å². The topological polar surface area (TPSA) is 9.23 Å². The molecule has 15 heavy (non-hydrogen) atoms. The van der Waals surface area contributed by atoms with Gasteiger partial charge in [-0.1, -0.05) is 23.2 Å².